The van der Waals surface area contributed by atoms with E-state index >= 15 is 0 Å². The number of carbonyl (C=O) groups excluding carboxylic acids is 2. The Morgan fingerprint density at radius 1 is 1.11 bits per heavy atom. The highest BCUT2D eigenvalue weighted by Crippen LogP contribution is 2.15. The SMILES string of the molecule is CCC(=O)NC(=S)Nc1ccc(NC(=O)C=Cc2cccc([N+](=O)[O-])c2)cc1. The van der Waals surface area contributed by atoms with Crippen LogP contribution in [0.4, 0.5) is 17.1 Å². The third-order valence-electron chi connectivity index (χ3n) is 3.49. The van der Waals surface area contributed by atoms with Gasteiger partial charge in [0.1, 0.15) is 0 Å². The van der Waals surface area contributed by atoms with E-state index < -0.39 is 4.92 Å². The van der Waals surface area contributed by atoms with Crippen molar-refractivity contribution < 1.29 is 14.5 Å². The topological polar surface area (TPSA) is 113 Å². The molecule has 0 aliphatic heterocycles. The van der Waals surface area contributed by atoms with Crippen molar-refractivity contribution in [2.24, 2.45) is 0 Å². The Morgan fingerprint density at radius 3 is 2.36 bits per heavy atom. The van der Waals surface area contributed by atoms with Gasteiger partial charge in [-0.15, -0.1) is 0 Å². The van der Waals surface area contributed by atoms with Crippen molar-refractivity contribution in [3.05, 3.63) is 70.3 Å². The smallest absolute Gasteiger partial charge is 0.270 e. The van der Waals surface area contributed by atoms with E-state index in [1.165, 1.54) is 24.3 Å². The van der Waals surface area contributed by atoms with E-state index in [0.29, 0.717) is 23.4 Å². The van der Waals surface area contributed by atoms with Gasteiger partial charge in [-0.3, -0.25) is 19.7 Å². The number of amides is 2. The molecule has 0 aliphatic rings. The highest BCUT2D eigenvalue weighted by atomic mass is 32.1. The number of carbonyl (C=O) groups is 2. The van der Waals surface area contributed by atoms with Crippen molar-refractivity contribution in [1.82, 2.24) is 5.32 Å². The van der Waals surface area contributed by atoms with Crippen LogP contribution >= 0.6 is 12.2 Å². The first-order chi connectivity index (χ1) is 13.4. The van der Waals surface area contributed by atoms with Crippen molar-refractivity contribution in [2.45, 2.75) is 13.3 Å². The van der Waals surface area contributed by atoms with Crippen molar-refractivity contribution >= 4 is 52.3 Å². The summed E-state index contributed by atoms with van der Waals surface area (Å²) in [6.07, 6.45) is 3.12. The molecule has 3 N–H and O–H groups in total. The number of nitrogens with zero attached hydrogens (tertiary/aromatic N) is 1. The third-order valence-corrected chi connectivity index (χ3v) is 3.70. The number of hydrogen-bond acceptors (Lipinski definition) is 5. The van der Waals surface area contributed by atoms with Gasteiger partial charge >= 0.3 is 0 Å². The highest BCUT2D eigenvalue weighted by molar-refractivity contribution is 7.80. The standard InChI is InChI=1S/C19H18N4O4S/c1-2-17(24)22-19(28)21-15-9-7-14(8-10-15)20-18(25)11-6-13-4-3-5-16(12-13)23(26)27/h3-12H,2H2,1H3,(H,20,25)(H2,21,22,24,28). The predicted octanol–water partition coefficient (Wildman–Crippen LogP) is 3.47. The summed E-state index contributed by atoms with van der Waals surface area (Å²) < 4.78 is 0. The van der Waals surface area contributed by atoms with E-state index in [0.717, 1.165) is 0 Å². The van der Waals surface area contributed by atoms with Crippen molar-refractivity contribution in [1.29, 1.82) is 0 Å². The van der Waals surface area contributed by atoms with Gasteiger partial charge in [-0.25, -0.2) is 0 Å². The van der Waals surface area contributed by atoms with Crippen LogP contribution in [0.15, 0.2) is 54.6 Å². The maximum atomic E-state index is 12.0. The van der Waals surface area contributed by atoms with Crippen LogP contribution in [0.3, 0.4) is 0 Å². The molecule has 8 nitrogen and oxygen atoms in total. The van der Waals surface area contributed by atoms with Crippen LogP contribution in [0, 0.1) is 10.1 Å². The van der Waals surface area contributed by atoms with Crippen LogP contribution < -0.4 is 16.0 Å². The largest absolute Gasteiger partial charge is 0.332 e. The zero-order valence-corrected chi connectivity index (χ0v) is 15.8. The quantitative estimate of drug-likeness (QED) is 0.297. The van der Waals surface area contributed by atoms with Gasteiger partial charge in [0.2, 0.25) is 11.8 Å². The molecule has 2 amide bonds. The fourth-order valence-electron chi connectivity index (χ4n) is 2.11. The van der Waals surface area contributed by atoms with Gasteiger partial charge in [0, 0.05) is 36.0 Å². The minimum atomic E-state index is -0.494. The van der Waals surface area contributed by atoms with Gasteiger partial charge in [-0.05, 0) is 48.1 Å². The fourth-order valence-corrected chi connectivity index (χ4v) is 2.34. The number of anilines is 2. The molecule has 0 unspecified atom stereocenters. The van der Waals surface area contributed by atoms with Gasteiger partial charge in [0.05, 0.1) is 4.92 Å². The summed E-state index contributed by atoms with van der Waals surface area (Å²) in [5.41, 5.74) is 1.72. The molecule has 2 rings (SSSR count). The Balaban J connectivity index is 1.92. The normalized spacial score (nSPS) is 10.3. The van der Waals surface area contributed by atoms with E-state index in [1.54, 1.807) is 43.3 Å². The number of hydrogen-bond donors (Lipinski definition) is 3. The third kappa shape index (κ3) is 6.61. The number of nitro benzene ring substituents is 1. The average molecular weight is 398 g/mol. The second-order valence-electron chi connectivity index (χ2n) is 5.61. The van der Waals surface area contributed by atoms with Gasteiger partial charge in [0.15, 0.2) is 5.11 Å². The molecule has 0 bridgehead atoms. The molecule has 0 spiro atoms. The van der Waals surface area contributed by atoms with Crippen LogP contribution in [0.2, 0.25) is 0 Å². The Bertz CT molecular complexity index is 926. The zero-order chi connectivity index (χ0) is 20.5. The summed E-state index contributed by atoms with van der Waals surface area (Å²) in [6, 6.07) is 12.7. The van der Waals surface area contributed by atoms with Gasteiger partial charge in [-0.1, -0.05) is 19.1 Å². The summed E-state index contributed by atoms with van der Waals surface area (Å²) >= 11 is 5.02. The van der Waals surface area contributed by atoms with Crippen LogP contribution in [0.25, 0.3) is 6.08 Å². The molecule has 28 heavy (non-hydrogen) atoms. The molecule has 0 saturated heterocycles. The molecule has 0 heterocycles. The maximum absolute atomic E-state index is 12.0. The number of benzene rings is 2. The maximum Gasteiger partial charge on any atom is 0.270 e. The fraction of sp³-hybridized carbons (Fsp3) is 0.105. The molecule has 0 saturated carbocycles. The molecular formula is C19H18N4O4S. The van der Waals surface area contributed by atoms with Gasteiger partial charge < -0.3 is 16.0 Å². The first-order valence-electron chi connectivity index (χ1n) is 8.32. The lowest BCUT2D eigenvalue weighted by molar-refractivity contribution is -0.384. The summed E-state index contributed by atoms with van der Waals surface area (Å²) in [4.78, 5) is 33.6. The predicted molar refractivity (Wildman–Crippen MR) is 112 cm³/mol. The monoisotopic (exact) mass is 398 g/mol. The molecule has 0 aromatic heterocycles. The van der Waals surface area contributed by atoms with E-state index in [2.05, 4.69) is 16.0 Å². The first-order valence-corrected chi connectivity index (χ1v) is 8.72. The van der Waals surface area contributed by atoms with Crippen LogP contribution in [0.1, 0.15) is 18.9 Å². The summed E-state index contributed by atoms with van der Waals surface area (Å²) in [5.74, 6) is -0.560. The zero-order valence-electron chi connectivity index (χ0n) is 15.0. The van der Waals surface area contributed by atoms with Crippen LogP contribution in [0.5, 0.6) is 0 Å². The number of non-ortho nitro benzene ring substituents is 1. The number of nitro groups is 1. The van der Waals surface area contributed by atoms with Gasteiger partial charge in [-0.2, -0.15) is 0 Å². The molecule has 2 aromatic carbocycles. The summed E-state index contributed by atoms with van der Waals surface area (Å²) in [5, 5.41) is 19.0. The number of rotatable bonds is 6. The van der Waals surface area contributed by atoms with Crippen molar-refractivity contribution in [2.75, 3.05) is 10.6 Å². The molecule has 144 valence electrons. The minimum absolute atomic E-state index is 0.0429. The lowest BCUT2D eigenvalue weighted by Crippen LogP contribution is -2.33. The molecule has 0 radical (unpaired) electrons. The Kier molecular flexibility index (Phi) is 7.35. The molecule has 0 aliphatic carbocycles. The second kappa shape index (κ2) is 9.93. The molecular weight excluding hydrogens is 380 g/mol. The lowest BCUT2D eigenvalue weighted by Gasteiger charge is -2.09. The molecule has 9 heteroatoms. The van der Waals surface area contributed by atoms with Crippen molar-refractivity contribution in [3.63, 3.8) is 0 Å². The van der Waals surface area contributed by atoms with Gasteiger partial charge in [0.25, 0.3) is 5.69 Å². The van der Waals surface area contributed by atoms with Crippen LogP contribution in [-0.4, -0.2) is 21.9 Å². The summed E-state index contributed by atoms with van der Waals surface area (Å²) in [6.45, 7) is 1.73. The number of thiocarbonyl (C=S) groups is 1. The van der Waals surface area contributed by atoms with E-state index in [-0.39, 0.29) is 22.6 Å². The first kappa shape index (κ1) is 20.7. The lowest BCUT2D eigenvalue weighted by atomic mass is 10.2. The summed E-state index contributed by atoms with van der Waals surface area (Å²) in [7, 11) is 0. The second-order valence-corrected chi connectivity index (χ2v) is 6.02. The molecule has 2 aromatic rings. The minimum Gasteiger partial charge on any atom is -0.332 e. The Hall–Kier alpha value is -3.59. The number of nitrogens with one attached hydrogen (secondary N) is 3. The van der Waals surface area contributed by atoms with E-state index in [1.807, 2.05) is 0 Å². The average Bonchev–Trinajstić information content (AvgIpc) is 2.68. The highest BCUT2D eigenvalue weighted by Gasteiger charge is 2.05. The Labute approximate surface area is 166 Å². The van der Waals surface area contributed by atoms with Crippen molar-refractivity contribution in [3.8, 4) is 0 Å². The molecule has 0 atom stereocenters. The van der Waals surface area contributed by atoms with Crippen LogP contribution in [-0.2, 0) is 9.59 Å². The van der Waals surface area contributed by atoms with E-state index in [9.17, 15) is 19.7 Å². The Morgan fingerprint density at radius 2 is 1.75 bits per heavy atom. The molecule has 0 fully saturated rings. The van der Waals surface area contributed by atoms with E-state index in [4.69, 9.17) is 12.2 Å².